The van der Waals surface area contributed by atoms with Crippen LogP contribution >= 0.6 is 11.8 Å². The van der Waals surface area contributed by atoms with Gasteiger partial charge in [-0.3, -0.25) is 9.78 Å². The number of rotatable bonds is 6. The van der Waals surface area contributed by atoms with Crippen molar-refractivity contribution in [1.82, 2.24) is 24.7 Å². The quantitative estimate of drug-likeness (QED) is 0.665. The van der Waals surface area contributed by atoms with Crippen molar-refractivity contribution in [1.29, 1.82) is 0 Å². The van der Waals surface area contributed by atoms with Crippen molar-refractivity contribution in [2.45, 2.75) is 12.1 Å². The predicted molar refractivity (Wildman–Crippen MR) is 99.1 cm³/mol. The molecule has 3 rings (SSSR count). The summed E-state index contributed by atoms with van der Waals surface area (Å²) < 4.78 is 7.06. The Morgan fingerprint density at radius 1 is 1.31 bits per heavy atom. The number of nitrogens with one attached hydrogen (secondary N) is 1. The van der Waals surface area contributed by atoms with Crippen LogP contribution in [-0.2, 0) is 11.8 Å². The van der Waals surface area contributed by atoms with E-state index in [1.165, 1.54) is 11.8 Å². The van der Waals surface area contributed by atoms with Gasteiger partial charge in [0.25, 0.3) is 0 Å². The van der Waals surface area contributed by atoms with E-state index in [1.807, 2.05) is 32.2 Å². The van der Waals surface area contributed by atoms with Crippen LogP contribution in [0.4, 0.5) is 5.69 Å². The van der Waals surface area contributed by atoms with Crippen molar-refractivity contribution in [3.63, 3.8) is 0 Å². The van der Waals surface area contributed by atoms with Gasteiger partial charge in [0.2, 0.25) is 5.91 Å². The number of benzene rings is 1. The topological polar surface area (TPSA) is 94.8 Å². The molecule has 0 saturated carbocycles. The molecule has 0 aliphatic heterocycles. The molecule has 1 aromatic carbocycles. The fraction of sp³-hybridized carbons (Fsp3) is 0.235. The van der Waals surface area contributed by atoms with Crippen LogP contribution in [0.1, 0.15) is 5.56 Å². The van der Waals surface area contributed by atoms with Crippen LogP contribution in [0.5, 0.6) is 5.75 Å². The summed E-state index contributed by atoms with van der Waals surface area (Å²) in [5.41, 5.74) is 2.32. The average molecular weight is 370 g/mol. The van der Waals surface area contributed by atoms with E-state index in [1.54, 1.807) is 30.3 Å². The van der Waals surface area contributed by atoms with Crippen molar-refractivity contribution >= 4 is 23.4 Å². The van der Waals surface area contributed by atoms with Gasteiger partial charge in [0.1, 0.15) is 11.4 Å². The SMILES string of the molecule is COc1ccc(C)cc1NC(=O)CSc1nnc(-c2cnccn2)n1C. The lowest BCUT2D eigenvalue weighted by Crippen LogP contribution is -2.15. The second-order valence-corrected chi connectivity index (χ2v) is 6.44. The van der Waals surface area contributed by atoms with Crippen molar-refractivity contribution in [2.24, 2.45) is 7.05 Å². The number of ether oxygens (including phenoxy) is 1. The van der Waals surface area contributed by atoms with E-state index in [4.69, 9.17) is 4.74 Å². The summed E-state index contributed by atoms with van der Waals surface area (Å²) in [5.74, 6) is 1.27. The van der Waals surface area contributed by atoms with Gasteiger partial charge in [-0.25, -0.2) is 4.98 Å². The van der Waals surface area contributed by atoms with Gasteiger partial charge in [0.15, 0.2) is 11.0 Å². The van der Waals surface area contributed by atoms with E-state index >= 15 is 0 Å². The number of carbonyl (C=O) groups excluding carboxylic acids is 1. The fourth-order valence-corrected chi connectivity index (χ4v) is 3.03. The highest BCUT2D eigenvalue weighted by Gasteiger charge is 2.14. The van der Waals surface area contributed by atoms with Gasteiger partial charge < -0.3 is 14.6 Å². The third-order valence-corrected chi connectivity index (χ3v) is 4.61. The first-order valence-electron chi connectivity index (χ1n) is 7.81. The molecule has 0 bridgehead atoms. The minimum absolute atomic E-state index is 0.150. The Kier molecular flexibility index (Phi) is 5.47. The highest BCUT2D eigenvalue weighted by Crippen LogP contribution is 2.26. The van der Waals surface area contributed by atoms with Crippen LogP contribution in [0.15, 0.2) is 41.9 Å². The molecule has 0 saturated heterocycles. The molecule has 1 N–H and O–H groups in total. The van der Waals surface area contributed by atoms with Crippen LogP contribution in [0.25, 0.3) is 11.5 Å². The molecule has 2 heterocycles. The molecular formula is C17H18N6O2S. The highest BCUT2D eigenvalue weighted by molar-refractivity contribution is 7.99. The maximum absolute atomic E-state index is 12.3. The number of methoxy groups -OCH3 is 1. The number of hydrogen-bond acceptors (Lipinski definition) is 7. The van der Waals surface area contributed by atoms with E-state index in [-0.39, 0.29) is 11.7 Å². The smallest absolute Gasteiger partial charge is 0.234 e. The maximum atomic E-state index is 12.3. The fourth-order valence-electron chi connectivity index (χ4n) is 2.31. The number of thioether (sulfide) groups is 1. The third-order valence-electron chi connectivity index (χ3n) is 3.59. The molecule has 0 unspecified atom stereocenters. The first-order chi connectivity index (χ1) is 12.6. The zero-order valence-corrected chi connectivity index (χ0v) is 15.4. The maximum Gasteiger partial charge on any atom is 0.234 e. The Labute approximate surface area is 155 Å². The molecule has 3 aromatic rings. The van der Waals surface area contributed by atoms with E-state index in [9.17, 15) is 4.79 Å². The van der Waals surface area contributed by atoms with Crippen molar-refractivity contribution < 1.29 is 9.53 Å². The summed E-state index contributed by atoms with van der Waals surface area (Å²) >= 11 is 1.30. The second kappa shape index (κ2) is 7.96. The van der Waals surface area contributed by atoms with Crippen LogP contribution < -0.4 is 10.1 Å². The monoisotopic (exact) mass is 370 g/mol. The third kappa shape index (κ3) is 3.99. The molecule has 0 aliphatic rings. The van der Waals surface area contributed by atoms with E-state index in [2.05, 4.69) is 25.5 Å². The zero-order valence-electron chi connectivity index (χ0n) is 14.6. The van der Waals surface area contributed by atoms with E-state index in [0.29, 0.717) is 28.1 Å². The lowest BCUT2D eigenvalue weighted by Gasteiger charge is -2.10. The Morgan fingerprint density at radius 2 is 2.15 bits per heavy atom. The number of carbonyl (C=O) groups is 1. The number of hydrogen-bond donors (Lipinski definition) is 1. The molecule has 26 heavy (non-hydrogen) atoms. The number of aromatic nitrogens is 5. The van der Waals surface area contributed by atoms with E-state index in [0.717, 1.165) is 5.56 Å². The lowest BCUT2D eigenvalue weighted by atomic mass is 10.2. The Bertz CT molecular complexity index is 913. The summed E-state index contributed by atoms with van der Waals surface area (Å²) in [6, 6.07) is 5.63. The molecule has 0 spiro atoms. The molecule has 0 fully saturated rings. The standard InChI is InChI=1S/C17H18N6O2S/c1-11-4-5-14(25-3)12(8-11)20-15(24)10-26-17-22-21-16(23(17)2)13-9-18-6-7-19-13/h4-9H,10H2,1-3H3,(H,20,24). The molecule has 0 radical (unpaired) electrons. The Hall–Kier alpha value is -2.94. The van der Waals surface area contributed by atoms with Gasteiger partial charge in [-0.15, -0.1) is 10.2 Å². The summed E-state index contributed by atoms with van der Waals surface area (Å²) in [6.45, 7) is 1.96. The first kappa shape index (κ1) is 17.9. The highest BCUT2D eigenvalue weighted by atomic mass is 32.2. The summed E-state index contributed by atoms with van der Waals surface area (Å²) in [5, 5.41) is 11.7. The number of anilines is 1. The molecular weight excluding hydrogens is 352 g/mol. The van der Waals surface area contributed by atoms with Gasteiger partial charge in [0, 0.05) is 19.4 Å². The molecule has 2 aromatic heterocycles. The second-order valence-electron chi connectivity index (χ2n) is 5.50. The van der Waals surface area contributed by atoms with Crippen LogP contribution in [0, 0.1) is 6.92 Å². The van der Waals surface area contributed by atoms with Gasteiger partial charge in [0.05, 0.1) is 24.7 Å². The van der Waals surface area contributed by atoms with E-state index < -0.39 is 0 Å². The summed E-state index contributed by atoms with van der Waals surface area (Å²) in [7, 11) is 3.40. The van der Waals surface area contributed by atoms with Crippen LogP contribution in [0.2, 0.25) is 0 Å². The number of nitrogens with zero attached hydrogens (tertiary/aromatic N) is 5. The number of amides is 1. The van der Waals surface area contributed by atoms with Gasteiger partial charge in [-0.1, -0.05) is 17.8 Å². The summed E-state index contributed by atoms with van der Waals surface area (Å²) in [4.78, 5) is 20.5. The van der Waals surface area contributed by atoms with Crippen molar-refractivity contribution in [3.05, 3.63) is 42.4 Å². The minimum atomic E-state index is -0.150. The molecule has 0 aliphatic carbocycles. The first-order valence-corrected chi connectivity index (χ1v) is 8.80. The Morgan fingerprint density at radius 3 is 2.88 bits per heavy atom. The lowest BCUT2D eigenvalue weighted by molar-refractivity contribution is -0.113. The normalized spacial score (nSPS) is 10.6. The minimum Gasteiger partial charge on any atom is -0.495 e. The van der Waals surface area contributed by atoms with Crippen LogP contribution in [0.3, 0.4) is 0 Å². The molecule has 0 atom stereocenters. The van der Waals surface area contributed by atoms with Gasteiger partial charge in [-0.05, 0) is 24.6 Å². The Balaban J connectivity index is 1.66. The molecule has 8 nitrogen and oxygen atoms in total. The van der Waals surface area contributed by atoms with Gasteiger partial charge in [-0.2, -0.15) is 0 Å². The van der Waals surface area contributed by atoms with Crippen molar-refractivity contribution in [3.8, 4) is 17.3 Å². The largest absolute Gasteiger partial charge is 0.495 e. The summed E-state index contributed by atoms with van der Waals surface area (Å²) in [6.07, 6.45) is 4.81. The average Bonchev–Trinajstić information content (AvgIpc) is 3.01. The molecule has 9 heteroatoms. The molecule has 134 valence electrons. The van der Waals surface area contributed by atoms with Crippen LogP contribution in [-0.4, -0.2) is 43.5 Å². The zero-order chi connectivity index (χ0) is 18.5. The van der Waals surface area contributed by atoms with Gasteiger partial charge >= 0.3 is 0 Å². The molecule has 1 amide bonds. The predicted octanol–water partition coefficient (Wildman–Crippen LogP) is 2.32. The number of aryl methyl sites for hydroxylation is 1. The van der Waals surface area contributed by atoms with Crippen molar-refractivity contribution in [2.75, 3.05) is 18.2 Å².